The Morgan fingerprint density at radius 3 is 2.88 bits per heavy atom. The molecule has 6 heteroatoms. The Kier molecular flexibility index (Phi) is 3.05. The van der Waals surface area contributed by atoms with Crippen molar-refractivity contribution >= 4 is 11.6 Å². The summed E-state index contributed by atoms with van der Waals surface area (Å²) in [5, 5.41) is 0.213. The van der Waals surface area contributed by atoms with E-state index in [1.54, 1.807) is 12.5 Å². The summed E-state index contributed by atoms with van der Waals surface area (Å²) in [7, 11) is 0. The van der Waals surface area contributed by atoms with E-state index >= 15 is 0 Å². The van der Waals surface area contributed by atoms with Crippen LogP contribution in [0.15, 0.2) is 29.7 Å². The number of hydrogen-bond donors (Lipinski definition) is 0. The van der Waals surface area contributed by atoms with E-state index in [0.717, 1.165) is 12.2 Å². The smallest absolute Gasteiger partial charge is 0.255 e. The lowest BCUT2D eigenvalue weighted by molar-refractivity contribution is 0.648. The second kappa shape index (κ2) is 4.49. The molecule has 2 heterocycles. The first kappa shape index (κ1) is 10.9. The molecule has 0 unspecified atom stereocenters. The molecule has 2 aromatic rings. The van der Waals surface area contributed by atoms with Gasteiger partial charge in [-0.3, -0.25) is 9.36 Å². The van der Waals surface area contributed by atoms with Gasteiger partial charge in [-0.25, -0.2) is 9.97 Å². The Bertz CT molecular complexity index is 546. The highest BCUT2D eigenvalue weighted by molar-refractivity contribution is 6.29. The van der Waals surface area contributed by atoms with Crippen molar-refractivity contribution in [2.45, 2.75) is 20.0 Å². The molecule has 84 valence electrons. The number of rotatable bonds is 3. The lowest BCUT2D eigenvalue weighted by Gasteiger charge is -2.06. The number of nitrogens with zero attached hydrogens (tertiary/aromatic N) is 4. The van der Waals surface area contributed by atoms with Crippen LogP contribution in [-0.2, 0) is 13.1 Å². The first-order chi connectivity index (χ1) is 7.70. The molecule has 0 saturated carbocycles. The molecule has 0 aliphatic carbocycles. The van der Waals surface area contributed by atoms with E-state index < -0.39 is 0 Å². The molecule has 0 amide bonds. The van der Waals surface area contributed by atoms with Gasteiger partial charge in [0, 0.05) is 18.8 Å². The van der Waals surface area contributed by atoms with E-state index in [1.807, 2.05) is 11.5 Å². The van der Waals surface area contributed by atoms with Crippen LogP contribution in [0.4, 0.5) is 0 Å². The maximum absolute atomic E-state index is 11.6. The van der Waals surface area contributed by atoms with Crippen molar-refractivity contribution in [1.82, 2.24) is 19.1 Å². The molecule has 16 heavy (non-hydrogen) atoms. The highest BCUT2D eigenvalue weighted by Gasteiger charge is 2.03. The van der Waals surface area contributed by atoms with E-state index in [1.165, 1.54) is 17.0 Å². The highest BCUT2D eigenvalue weighted by Crippen LogP contribution is 2.02. The molecular formula is C10H11ClN4O. The summed E-state index contributed by atoms with van der Waals surface area (Å²) in [5.41, 5.74) is 0.803. The zero-order valence-corrected chi connectivity index (χ0v) is 9.55. The molecule has 2 aromatic heterocycles. The molecule has 0 aromatic carbocycles. The SMILES string of the molecule is CCn1cncc1Cn1cnc(Cl)cc1=O. The van der Waals surface area contributed by atoms with Gasteiger partial charge in [0.05, 0.1) is 24.9 Å². The van der Waals surface area contributed by atoms with E-state index in [0.29, 0.717) is 6.54 Å². The average molecular weight is 239 g/mol. The Morgan fingerprint density at radius 1 is 1.38 bits per heavy atom. The van der Waals surface area contributed by atoms with Gasteiger partial charge in [0.15, 0.2) is 0 Å². The van der Waals surface area contributed by atoms with Crippen LogP contribution < -0.4 is 5.56 Å². The zero-order chi connectivity index (χ0) is 11.5. The van der Waals surface area contributed by atoms with Gasteiger partial charge in [0.1, 0.15) is 5.15 Å². The zero-order valence-electron chi connectivity index (χ0n) is 8.80. The normalized spacial score (nSPS) is 10.6. The van der Waals surface area contributed by atoms with Gasteiger partial charge in [-0.1, -0.05) is 11.6 Å². The third-order valence-corrected chi connectivity index (χ3v) is 2.52. The van der Waals surface area contributed by atoms with Gasteiger partial charge in [0.2, 0.25) is 0 Å². The molecule has 0 bridgehead atoms. The third-order valence-electron chi connectivity index (χ3n) is 2.32. The third kappa shape index (κ3) is 2.14. The summed E-state index contributed by atoms with van der Waals surface area (Å²) >= 11 is 5.62. The molecule has 0 aliphatic heterocycles. The van der Waals surface area contributed by atoms with Crippen LogP contribution in [0.3, 0.4) is 0 Å². The predicted molar refractivity (Wildman–Crippen MR) is 60.5 cm³/mol. The summed E-state index contributed by atoms with van der Waals surface area (Å²) in [5.74, 6) is 0. The van der Waals surface area contributed by atoms with Crippen LogP contribution in [0.1, 0.15) is 12.6 Å². The van der Waals surface area contributed by atoms with Gasteiger partial charge in [0.25, 0.3) is 5.56 Å². The van der Waals surface area contributed by atoms with Crippen molar-refractivity contribution in [2.24, 2.45) is 0 Å². The van der Waals surface area contributed by atoms with Gasteiger partial charge in [-0.05, 0) is 6.92 Å². The summed E-state index contributed by atoms with van der Waals surface area (Å²) in [6.45, 7) is 3.30. The largest absolute Gasteiger partial charge is 0.333 e. The van der Waals surface area contributed by atoms with Crippen molar-refractivity contribution in [3.63, 3.8) is 0 Å². The van der Waals surface area contributed by atoms with E-state index in [-0.39, 0.29) is 10.7 Å². The summed E-state index contributed by atoms with van der Waals surface area (Å²) < 4.78 is 3.47. The van der Waals surface area contributed by atoms with Crippen molar-refractivity contribution in [3.8, 4) is 0 Å². The number of aromatic nitrogens is 4. The molecule has 0 atom stereocenters. The minimum absolute atomic E-state index is 0.163. The van der Waals surface area contributed by atoms with Crippen LogP contribution in [0.25, 0.3) is 0 Å². The first-order valence-electron chi connectivity index (χ1n) is 4.91. The molecule has 0 saturated heterocycles. The lowest BCUT2D eigenvalue weighted by Crippen LogP contribution is -2.21. The van der Waals surface area contributed by atoms with E-state index in [4.69, 9.17) is 11.6 Å². The van der Waals surface area contributed by atoms with Gasteiger partial charge in [-0.2, -0.15) is 0 Å². The number of halogens is 1. The van der Waals surface area contributed by atoms with E-state index in [2.05, 4.69) is 9.97 Å². The van der Waals surface area contributed by atoms with Crippen LogP contribution in [0.5, 0.6) is 0 Å². The van der Waals surface area contributed by atoms with Gasteiger partial charge >= 0.3 is 0 Å². The fraction of sp³-hybridized carbons (Fsp3) is 0.300. The molecule has 0 N–H and O–H groups in total. The number of imidazole rings is 1. The fourth-order valence-corrected chi connectivity index (χ4v) is 1.60. The molecule has 0 radical (unpaired) electrons. The maximum Gasteiger partial charge on any atom is 0.255 e. The second-order valence-corrected chi connectivity index (χ2v) is 3.74. The van der Waals surface area contributed by atoms with Crippen LogP contribution in [-0.4, -0.2) is 19.1 Å². The molecule has 0 aliphatic rings. The van der Waals surface area contributed by atoms with Crippen molar-refractivity contribution < 1.29 is 0 Å². The van der Waals surface area contributed by atoms with Crippen molar-refractivity contribution in [1.29, 1.82) is 0 Å². The topological polar surface area (TPSA) is 52.7 Å². The molecule has 0 spiro atoms. The Hall–Kier alpha value is -1.62. The monoisotopic (exact) mass is 238 g/mol. The van der Waals surface area contributed by atoms with Crippen LogP contribution in [0, 0.1) is 0 Å². The summed E-state index contributed by atoms with van der Waals surface area (Å²) in [4.78, 5) is 19.5. The molecule has 5 nitrogen and oxygen atoms in total. The highest BCUT2D eigenvalue weighted by atomic mass is 35.5. The van der Waals surface area contributed by atoms with Gasteiger partial charge in [-0.15, -0.1) is 0 Å². The Balaban J connectivity index is 2.31. The molecular weight excluding hydrogens is 228 g/mol. The maximum atomic E-state index is 11.6. The standard InChI is InChI=1S/C10H11ClN4O/c1-2-14-6-12-4-8(14)5-15-7-13-9(11)3-10(15)16/h3-4,6-7H,2,5H2,1H3. The van der Waals surface area contributed by atoms with Crippen molar-refractivity contribution in [3.05, 3.63) is 46.1 Å². The summed E-state index contributed by atoms with van der Waals surface area (Å²) in [6, 6.07) is 1.30. The number of hydrogen-bond acceptors (Lipinski definition) is 3. The Morgan fingerprint density at radius 2 is 2.19 bits per heavy atom. The number of aryl methyl sites for hydroxylation is 1. The fourth-order valence-electron chi connectivity index (χ4n) is 1.46. The predicted octanol–water partition coefficient (Wildman–Crippen LogP) is 1.16. The average Bonchev–Trinajstić information content (AvgIpc) is 2.69. The molecule has 2 rings (SSSR count). The quantitative estimate of drug-likeness (QED) is 0.754. The lowest BCUT2D eigenvalue weighted by atomic mass is 10.4. The van der Waals surface area contributed by atoms with Crippen LogP contribution in [0.2, 0.25) is 5.15 Å². The Labute approximate surface area is 97.3 Å². The van der Waals surface area contributed by atoms with E-state index in [9.17, 15) is 4.79 Å². The molecule has 0 fully saturated rings. The second-order valence-electron chi connectivity index (χ2n) is 3.35. The first-order valence-corrected chi connectivity index (χ1v) is 5.29. The summed E-state index contributed by atoms with van der Waals surface area (Å²) in [6.07, 6.45) is 4.92. The van der Waals surface area contributed by atoms with Gasteiger partial charge < -0.3 is 4.57 Å². The minimum atomic E-state index is -0.163. The minimum Gasteiger partial charge on any atom is -0.333 e. The van der Waals surface area contributed by atoms with Crippen LogP contribution >= 0.6 is 11.6 Å². The van der Waals surface area contributed by atoms with Crippen molar-refractivity contribution in [2.75, 3.05) is 0 Å².